The van der Waals surface area contributed by atoms with Gasteiger partial charge in [0.1, 0.15) is 18.4 Å². The third kappa shape index (κ3) is 7.66. The number of nitrogens with one attached hydrogen (secondary N) is 1. The maximum atomic E-state index is 14.0. The number of sulfonamides is 1. The van der Waals surface area contributed by atoms with E-state index in [9.17, 15) is 22.4 Å². The Morgan fingerprint density at radius 2 is 1.51 bits per heavy atom. The summed E-state index contributed by atoms with van der Waals surface area (Å²) in [6.45, 7) is 7.13. The Balaban J connectivity index is 2.04. The van der Waals surface area contributed by atoms with Crippen molar-refractivity contribution in [2.45, 2.75) is 64.1 Å². The molecule has 39 heavy (non-hydrogen) atoms. The lowest BCUT2D eigenvalue weighted by atomic mass is 10.1. The number of hydrogen-bond donors (Lipinski definition) is 1. The molecule has 0 radical (unpaired) electrons. The smallest absolute Gasteiger partial charge is 0.264 e. The van der Waals surface area contributed by atoms with Gasteiger partial charge >= 0.3 is 0 Å². The first-order chi connectivity index (χ1) is 18.6. The van der Waals surface area contributed by atoms with Crippen LogP contribution in [0, 0.1) is 12.7 Å². The molecule has 0 aliphatic rings. The predicted octanol–water partition coefficient (Wildman–Crippen LogP) is 5.05. The standard InChI is InChI=1S/C30H36FN3O4S/c1-5-23(4)32-30(36)28(6-2)33(20-24-10-8-7-9-11-24)29(35)21-34(26-16-12-22(3)13-17-26)39(37,38)27-18-14-25(31)15-19-27/h7-19,23,28H,5-6,20-21H2,1-4H3,(H,32,36). The van der Waals surface area contributed by atoms with Gasteiger partial charge in [-0.15, -0.1) is 0 Å². The largest absolute Gasteiger partial charge is 0.352 e. The van der Waals surface area contributed by atoms with Crippen molar-refractivity contribution in [1.29, 1.82) is 0 Å². The minimum atomic E-state index is -4.24. The molecule has 0 spiro atoms. The molecule has 7 nitrogen and oxygen atoms in total. The summed E-state index contributed by atoms with van der Waals surface area (Å²) >= 11 is 0. The van der Waals surface area contributed by atoms with Crippen LogP contribution in [0.25, 0.3) is 0 Å². The number of amides is 2. The lowest BCUT2D eigenvalue weighted by Gasteiger charge is -2.33. The predicted molar refractivity (Wildman–Crippen MR) is 151 cm³/mol. The third-order valence-electron chi connectivity index (χ3n) is 6.59. The summed E-state index contributed by atoms with van der Waals surface area (Å²) in [5.74, 6) is -1.39. The van der Waals surface area contributed by atoms with Gasteiger partial charge in [0.05, 0.1) is 10.6 Å². The molecule has 9 heteroatoms. The fourth-order valence-corrected chi connectivity index (χ4v) is 5.53. The van der Waals surface area contributed by atoms with Gasteiger partial charge in [0.15, 0.2) is 0 Å². The minimum Gasteiger partial charge on any atom is -0.352 e. The van der Waals surface area contributed by atoms with Crippen LogP contribution in [0.4, 0.5) is 10.1 Å². The van der Waals surface area contributed by atoms with Gasteiger partial charge < -0.3 is 10.2 Å². The zero-order valence-electron chi connectivity index (χ0n) is 22.8. The van der Waals surface area contributed by atoms with Gasteiger partial charge in [-0.05, 0) is 68.7 Å². The number of benzene rings is 3. The van der Waals surface area contributed by atoms with Gasteiger partial charge in [0.25, 0.3) is 10.0 Å². The lowest BCUT2D eigenvalue weighted by molar-refractivity contribution is -0.140. The second kappa shape index (κ2) is 13.4. The Kier molecular flexibility index (Phi) is 10.2. The number of nitrogens with zero attached hydrogens (tertiary/aromatic N) is 2. The maximum absolute atomic E-state index is 14.0. The van der Waals surface area contributed by atoms with Crippen molar-refractivity contribution in [3.05, 3.63) is 95.8 Å². The first kappa shape index (κ1) is 29.8. The second-order valence-electron chi connectivity index (χ2n) is 9.55. The number of carbonyl (C=O) groups is 2. The molecule has 3 rings (SSSR count). The maximum Gasteiger partial charge on any atom is 0.264 e. The van der Waals surface area contributed by atoms with E-state index in [0.29, 0.717) is 6.42 Å². The monoisotopic (exact) mass is 553 g/mol. The zero-order chi connectivity index (χ0) is 28.6. The average Bonchev–Trinajstić information content (AvgIpc) is 2.92. The van der Waals surface area contributed by atoms with E-state index in [2.05, 4.69) is 5.32 Å². The van der Waals surface area contributed by atoms with E-state index < -0.39 is 34.3 Å². The first-order valence-electron chi connectivity index (χ1n) is 13.1. The quantitative estimate of drug-likeness (QED) is 0.340. The number of anilines is 1. The van der Waals surface area contributed by atoms with Gasteiger partial charge in [0.2, 0.25) is 11.8 Å². The Labute approximate surface area is 230 Å². The molecule has 3 aromatic rings. The molecule has 2 amide bonds. The van der Waals surface area contributed by atoms with Crippen LogP contribution in [0.3, 0.4) is 0 Å². The number of rotatable bonds is 12. The van der Waals surface area contributed by atoms with E-state index in [1.54, 1.807) is 24.3 Å². The van der Waals surface area contributed by atoms with E-state index in [1.165, 1.54) is 17.0 Å². The molecule has 0 saturated heterocycles. The molecule has 0 heterocycles. The van der Waals surface area contributed by atoms with E-state index in [-0.39, 0.29) is 29.1 Å². The van der Waals surface area contributed by atoms with Gasteiger partial charge in [-0.1, -0.05) is 61.9 Å². The summed E-state index contributed by atoms with van der Waals surface area (Å²) in [4.78, 5) is 28.5. The number of aryl methyl sites for hydroxylation is 1. The summed E-state index contributed by atoms with van der Waals surface area (Å²) in [5.41, 5.74) is 2.02. The molecule has 2 atom stereocenters. The SMILES string of the molecule is CCC(C)NC(=O)C(CC)N(Cc1ccccc1)C(=O)CN(c1ccc(C)cc1)S(=O)(=O)c1ccc(F)cc1. The highest BCUT2D eigenvalue weighted by molar-refractivity contribution is 7.92. The van der Waals surface area contributed by atoms with Crippen molar-refractivity contribution in [2.24, 2.45) is 0 Å². The molecular weight excluding hydrogens is 517 g/mol. The van der Waals surface area contributed by atoms with E-state index in [4.69, 9.17) is 0 Å². The highest BCUT2D eigenvalue weighted by Gasteiger charge is 2.34. The minimum absolute atomic E-state index is 0.0804. The van der Waals surface area contributed by atoms with Crippen LogP contribution in [0.1, 0.15) is 44.7 Å². The fraction of sp³-hybridized carbons (Fsp3) is 0.333. The van der Waals surface area contributed by atoms with Gasteiger partial charge in [-0.25, -0.2) is 12.8 Å². The molecule has 3 aromatic carbocycles. The topological polar surface area (TPSA) is 86.8 Å². The summed E-state index contributed by atoms with van der Waals surface area (Å²) in [6, 6.07) is 19.6. The van der Waals surface area contributed by atoms with Gasteiger partial charge in [-0.3, -0.25) is 13.9 Å². The van der Waals surface area contributed by atoms with Crippen molar-refractivity contribution < 1.29 is 22.4 Å². The Morgan fingerprint density at radius 3 is 2.08 bits per heavy atom. The molecule has 2 unspecified atom stereocenters. The van der Waals surface area contributed by atoms with E-state index >= 15 is 0 Å². The molecule has 1 N–H and O–H groups in total. The van der Waals surface area contributed by atoms with Crippen molar-refractivity contribution in [3.8, 4) is 0 Å². The van der Waals surface area contributed by atoms with Crippen molar-refractivity contribution in [1.82, 2.24) is 10.2 Å². The van der Waals surface area contributed by atoms with Crippen LogP contribution in [0.15, 0.2) is 83.8 Å². The summed E-state index contributed by atoms with van der Waals surface area (Å²) in [5, 5.41) is 2.95. The molecule has 0 aromatic heterocycles. The van der Waals surface area contributed by atoms with Crippen molar-refractivity contribution in [3.63, 3.8) is 0 Å². The molecule has 0 aliphatic heterocycles. The number of halogens is 1. The summed E-state index contributed by atoms with van der Waals surface area (Å²) < 4.78 is 42.1. The Morgan fingerprint density at radius 1 is 0.897 bits per heavy atom. The van der Waals surface area contributed by atoms with E-state index in [0.717, 1.165) is 34.0 Å². The molecule has 0 aliphatic carbocycles. The second-order valence-corrected chi connectivity index (χ2v) is 11.4. The highest BCUT2D eigenvalue weighted by Crippen LogP contribution is 2.25. The molecule has 0 saturated carbocycles. The lowest BCUT2D eigenvalue weighted by Crippen LogP contribution is -2.53. The molecular formula is C30H36FN3O4S. The third-order valence-corrected chi connectivity index (χ3v) is 8.37. The van der Waals surface area contributed by atoms with Gasteiger partial charge in [0, 0.05) is 12.6 Å². The first-order valence-corrected chi connectivity index (χ1v) is 14.5. The molecule has 0 fully saturated rings. The average molecular weight is 554 g/mol. The van der Waals surface area contributed by atoms with Crippen LogP contribution in [-0.2, 0) is 26.2 Å². The van der Waals surface area contributed by atoms with E-state index in [1.807, 2.05) is 58.0 Å². The molecule has 0 bridgehead atoms. The van der Waals surface area contributed by atoms with Crippen LogP contribution in [0.5, 0.6) is 0 Å². The van der Waals surface area contributed by atoms with Crippen LogP contribution >= 0.6 is 0 Å². The van der Waals surface area contributed by atoms with Crippen LogP contribution < -0.4 is 9.62 Å². The van der Waals surface area contributed by atoms with Crippen molar-refractivity contribution in [2.75, 3.05) is 10.8 Å². The van der Waals surface area contributed by atoms with Crippen LogP contribution in [-0.4, -0.2) is 43.8 Å². The van der Waals surface area contributed by atoms with Crippen molar-refractivity contribution >= 4 is 27.5 Å². The number of hydrogen-bond acceptors (Lipinski definition) is 4. The fourth-order valence-electron chi connectivity index (χ4n) is 4.11. The summed E-state index contributed by atoms with van der Waals surface area (Å²) in [7, 11) is -4.24. The number of carbonyl (C=O) groups excluding carboxylic acids is 2. The Hall–Kier alpha value is -3.72. The Bertz CT molecular complexity index is 1350. The van der Waals surface area contributed by atoms with Gasteiger partial charge in [-0.2, -0.15) is 0 Å². The summed E-state index contributed by atoms with van der Waals surface area (Å²) in [6.07, 6.45) is 1.07. The zero-order valence-corrected chi connectivity index (χ0v) is 23.6. The van der Waals surface area contributed by atoms with Crippen LogP contribution in [0.2, 0.25) is 0 Å². The molecule has 208 valence electrons. The normalized spacial score (nSPS) is 12.8. The highest BCUT2D eigenvalue weighted by atomic mass is 32.2.